The first-order valence-corrected chi connectivity index (χ1v) is 8.68. The molecule has 0 aromatic heterocycles. The number of nitrogens with one attached hydrogen (secondary N) is 1. The van der Waals surface area contributed by atoms with Gasteiger partial charge in [-0.05, 0) is 50.8 Å². The van der Waals surface area contributed by atoms with Gasteiger partial charge in [0.2, 0.25) is 0 Å². The van der Waals surface area contributed by atoms with Crippen LogP contribution in [0.5, 0.6) is 0 Å². The van der Waals surface area contributed by atoms with Gasteiger partial charge in [-0.2, -0.15) is 0 Å². The van der Waals surface area contributed by atoms with E-state index in [0.717, 1.165) is 25.7 Å². The quantitative estimate of drug-likeness (QED) is 0.794. The predicted octanol–water partition coefficient (Wildman–Crippen LogP) is 4.51. The molecule has 2 nitrogen and oxygen atoms in total. The maximum atomic E-state index is 3.61. The molecule has 118 valence electrons. The SMILES string of the molecule is CCN(c1ccc(C)cc1CNCC(C)C)C1CCCC1. The minimum atomic E-state index is 0.704. The summed E-state index contributed by atoms with van der Waals surface area (Å²) in [6.07, 6.45) is 5.52. The van der Waals surface area contributed by atoms with E-state index >= 15 is 0 Å². The van der Waals surface area contributed by atoms with Crippen LogP contribution < -0.4 is 10.2 Å². The van der Waals surface area contributed by atoms with Crippen LogP contribution in [0.1, 0.15) is 57.6 Å². The average molecular weight is 288 g/mol. The van der Waals surface area contributed by atoms with E-state index in [2.05, 4.69) is 56.1 Å². The van der Waals surface area contributed by atoms with Crippen molar-refractivity contribution in [3.63, 3.8) is 0 Å². The monoisotopic (exact) mass is 288 g/mol. The largest absolute Gasteiger partial charge is 0.369 e. The van der Waals surface area contributed by atoms with Gasteiger partial charge in [0.25, 0.3) is 0 Å². The molecule has 2 heteroatoms. The summed E-state index contributed by atoms with van der Waals surface area (Å²) in [5.74, 6) is 0.704. The van der Waals surface area contributed by atoms with Gasteiger partial charge in [-0.3, -0.25) is 0 Å². The van der Waals surface area contributed by atoms with Crippen molar-refractivity contribution < 1.29 is 0 Å². The molecule has 0 amide bonds. The number of benzene rings is 1. The van der Waals surface area contributed by atoms with Crippen LogP contribution in [0.25, 0.3) is 0 Å². The van der Waals surface area contributed by atoms with Gasteiger partial charge in [-0.25, -0.2) is 0 Å². The molecule has 0 saturated heterocycles. The van der Waals surface area contributed by atoms with E-state index in [1.54, 1.807) is 0 Å². The molecular formula is C19H32N2. The van der Waals surface area contributed by atoms with Gasteiger partial charge < -0.3 is 10.2 Å². The van der Waals surface area contributed by atoms with Crippen molar-refractivity contribution >= 4 is 5.69 Å². The van der Waals surface area contributed by atoms with Crippen molar-refractivity contribution in [2.45, 2.75) is 66.0 Å². The average Bonchev–Trinajstić information content (AvgIpc) is 2.95. The van der Waals surface area contributed by atoms with Crippen LogP contribution in [0.2, 0.25) is 0 Å². The minimum absolute atomic E-state index is 0.704. The maximum absolute atomic E-state index is 3.61. The molecular weight excluding hydrogens is 256 g/mol. The summed E-state index contributed by atoms with van der Waals surface area (Å²) in [7, 11) is 0. The van der Waals surface area contributed by atoms with Crippen molar-refractivity contribution in [3.05, 3.63) is 29.3 Å². The molecule has 0 aliphatic heterocycles. The zero-order chi connectivity index (χ0) is 15.2. The van der Waals surface area contributed by atoms with Crippen molar-refractivity contribution in [2.24, 2.45) is 5.92 Å². The first kappa shape index (κ1) is 16.4. The molecule has 0 heterocycles. The van der Waals surface area contributed by atoms with E-state index < -0.39 is 0 Å². The molecule has 0 spiro atoms. The lowest BCUT2D eigenvalue weighted by Crippen LogP contribution is -2.34. The molecule has 0 unspecified atom stereocenters. The molecule has 1 aromatic carbocycles. The fourth-order valence-electron chi connectivity index (χ4n) is 3.47. The molecule has 1 aromatic rings. The lowest BCUT2D eigenvalue weighted by molar-refractivity contribution is 0.549. The maximum Gasteiger partial charge on any atom is 0.0414 e. The summed E-state index contributed by atoms with van der Waals surface area (Å²) < 4.78 is 0. The van der Waals surface area contributed by atoms with E-state index in [4.69, 9.17) is 0 Å². The van der Waals surface area contributed by atoms with Gasteiger partial charge in [-0.1, -0.05) is 44.4 Å². The van der Waals surface area contributed by atoms with Crippen LogP contribution in [-0.2, 0) is 6.54 Å². The van der Waals surface area contributed by atoms with Gasteiger partial charge >= 0.3 is 0 Å². The number of anilines is 1. The highest BCUT2D eigenvalue weighted by Crippen LogP contribution is 2.30. The molecule has 1 fully saturated rings. The smallest absolute Gasteiger partial charge is 0.0414 e. The van der Waals surface area contributed by atoms with Crippen molar-refractivity contribution in [1.82, 2.24) is 5.32 Å². The Bertz CT molecular complexity index is 433. The summed E-state index contributed by atoms with van der Waals surface area (Å²) >= 11 is 0. The van der Waals surface area contributed by atoms with Crippen molar-refractivity contribution in [3.8, 4) is 0 Å². The van der Waals surface area contributed by atoms with Crippen LogP contribution >= 0.6 is 0 Å². The summed E-state index contributed by atoms with van der Waals surface area (Å²) in [6, 6.07) is 7.71. The lowest BCUT2D eigenvalue weighted by atomic mass is 10.1. The fraction of sp³-hybridized carbons (Fsp3) is 0.684. The number of aryl methyl sites for hydroxylation is 1. The van der Waals surface area contributed by atoms with Gasteiger partial charge in [0.05, 0.1) is 0 Å². The Labute approximate surface area is 130 Å². The Kier molecular flexibility index (Phi) is 6.10. The molecule has 21 heavy (non-hydrogen) atoms. The zero-order valence-electron chi connectivity index (χ0n) is 14.3. The normalized spacial score (nSPS) is 15.9. The van der Waals surface area contributed by atoms with Gasteiger partial charge in [0, 0.05) is 24.8 Å². The number of rotatable bonds is 7. The first-order valence-electron chi connectivity index (χ1n) is 8.68. The second-order valence-electron chi connectivity index (χ2n) is 6.88. The molecule has 0 bridgehead atoms. The highest BCUT2D eigenvalue weighted by atomic mass is 15.2. The van der Waals surface area contributed by atoms with E-state index in [1.165, 1.54) is 42.5 Å². The van der Waals surface area contributed by atoms with E-state index in [1.807, 2.05) is 0 Å². The molecule has 1 N–H and O–H groups in total. The van der Waals surface area contributed by atoms with E-state index in [0.29, 0.717) is 5.92 Å². The van der Waals surface area contributed by atoms with E-state index in [9.17, 15) is 0 Å². The van der Waals surface area contributed by atoms with Crippen LogP contribution in [0, 0.1) is 12.8 Å². The second-order valence-corrected chi connectivity index (χ2v) is 6.88. The molecule has 1 saturated carbocycles. The second kappa shape index (κ2) is 7.84. The molecule has 0 radical (unpaired) electrons. The molecule has 0 atom stereocenters. The standard InChI is InChI=1S/C19H32N2/c1-5-21(18-8-6-7-9-18)19-11-10-16(4)12-17(19)14-20-13-15(2)3/h10-12,15,18,20H,5-9,13-14H2,1-4H3. The topological polar surface area (TPSA) is 15.3 Å². The molecule has 2 rings (SSSR count). The Hall–Kier alpha value is -1.02. The fourth-order valence-corrected chi connectivity index (χ4v) is 3.47. The molecule has 1 aliphatic rings. The number of nitrogens with zero attached hydrogens (tertiary/aromatic N) is 1. The Morgan fingerprint density at radius 1 is 1.24 bits per heavy atom. The highest BCUT2D eigenvalue weighted by Gasteiger charge is 2.23. The summed E-state index contributed by atoms with van der Waals surface area (Å²) in [5.41, 5.74) is 4.28. The van der Waals surface area contributed by atoms with Crippen LogP contribution in [0.15, 0.2) is 18.2 Å². The van der Waals surface area contributed by atoms with Crippen LogP contribution in [-0.4, -0.2) is 19.1 Å². The van der Waals surface area contributed by atoms with Crippen LogP contribution in [0.4, 0.5) is 5.69 Å². The third kappa shape index (κ3) is 4.47. The third-order valence-electron chi connectivity index (χ3n) is 4.52. The van der Waals surface area contributed by atoms with Gasteiger partial charge in [0.15, 0.2) is 0 Å². The lowest BCUT2D eigenvalue weighted by Gasteiger charge is -2.32. The summed E-state index contributed by atoms with van der Waals surface area (Å²) in [6.45, 7) is 12.2. The number of hydrogen-bond acceptors (Lipinski definition) is 2. The summed E-state index contributed by atoms with van der Waals surface area (Å²) in [4.78, 5) is 2.64. The third-order valence-corrected chi connectivity index (χ3v) is 4.52. The Balaban J connectivity index is 2.15. The first-order chi connectivity index (χ1) is 10.1. The predicted molar refractivity (Wildman–Crippen MR) is 93.0 cm³/mol. The van der Waals surface area contributed by atoms with Crippen molar-refractivity contribution in [1.29, 1.82) is 0 Å². The van der Waals surface area contributed by atoms with Gasteiger partial charge in [0.1, 0.15) is 0 Å². The minimum Gasteiger partial charge on any atom is -0.369 e. The molecule has 1 aliphatic carbocycles. The summed E-state index contributed by atoms with van der Waals surface area (Å²) in [5, 5.41) is 3.61. The Morgan fingerprint density at radius 2 is 1.95 bits per heavy atom. The van der Waals surface area contributed by atoms with Gasteiger partial charge in [-0.15, -0.1) is 0 Å². The highest BCUT2D eigenvalue weighted by molar-refractivity contribution is 5.56. The zero-order valence-corrected chi connectivity index (χ0v) is 14.3. The Morgan fingerprint density at radius 3 is 2.57 bits per heavy atom. The van der Waals surface area contributed by atoms with Crippen molar-refractivity contribution in [2.75, 3.05) is 18.0 Å². The van der Waals surface area contributed by atoms with Crippen LogP contribution in [0.3, 0.4) is 0 Å². The number of hydrogen-bond donors (Lipinski definition) is 1. The van der Waals surface area contributed by atoms with E-state index in [-0.39, 0.29) is 0 Å².